The Morgan fingerprint density at radius 3 is 2.00 bits per heavy atom. The van der Waals surface area contributed by atoms with Gasteiger partial charge in [-0.3, -0.25) is 9.69 Å². The summed E-state index contributed by atoms with van der Waals surface area (Å²) in [5.74, 6) is 1.02. The number of aliphatic imine (C=N–C) groups is 1. The molecule has 4 rings (SSSR count). The van der Waals surface area contributed by atoms with Gasteiger partial charge in [-0.2, -0.15) is 0 Å². The van der Waals surface area contributed by atoms with Crippen LogP contribution in [-0.4, -0.2) is 24.3 Å². The van der Waals surface area contributed by atoms with E-state index in [1.165, 1.54) is 22.9 Å². The van der Waals surface area contributed by atoms with E-state index in [0.717, 1.165) is 24.2 Å². The van der Waals surface area contributed by atoms with Crippen LogP contribution >= 0.6 is 23.4 Å². The minimum atomic E-state index is -0.152. The summed E-state index contributed by atoms with van der Waals surface area (Å²) in [4.78, 5) is 20.8. The molecule has 3 aromatic rings. The molecule has 1 fully saturated rings. The van der Waals surface area contributed by atoms with Crippen molar-refractivity contribution >= 4 is 51.9 Å². The first-order valence-electron chi connectivity index (χ1n) is 12.6. The molecule has 37 heavy (non-hydrogen) atoms. The van der Waals surface area contributed by atoms with Gasteiger partial charge in [-0.15, -0.1) is 0 Å². The summed E-state index contributed by atoms with van der Waals surface area (Å²) in [5, 5.41) is 1.07. The van der Waals surface area contributed by atoms with Gasteiger partial charge in [0.2, 0.25) is 0 Å². The molecule has 0 atom stereocenters. The van der Waals surface area contributed by atoms with Gasteiger partial charge in [-0.25, -0.2) is 4.99 Å². The first-order chi connectivity index (χ1) is 18.0. The van der Waals surface area contributed by atoms with Crippen LogP contribution in [0.15, 0.2) is 70.6 Å². The highest BCUT2D eigenvalue weighted by molar-refractivity contribution is 8.19. The Labute approximate surface area is 228 Å². The van der Waals surface area contributed by atoms with E-state index in [9.17, 15) is 4.79 Å². The van der Waals surface area contributed by atoms with Gasteiger partial charge < -0.3 is 9.47 Å². The van der Waals surface area contributed by atoms with E-state index in [-0.39, 0.29) is 5.91 Å². The number of carbonyl (C=O) groups is 1. The normalized spacial score (nSPS) is 15.6. The zero-order valence-electron chi connectivity index (χ0n) is 21.6. The van der Waals surface area contributed by atoms with Crippen LogP contribution in [0.2, 0.25) is 5.02 Å². The maximum atomic E-state index is 13.7. The zero-order valence-corrected chi connectivity index (χ0v) is 23.2. The molecule has 1 aliphatic heterocycles. The Balaban J connectivity index is 1.76. The standard InChI is InChI=1S/C30H31ClN2O3S/c1-5-20-9-13-23(14-10-20)32-30-33(24-15-11-21(6-2)12-16-24)29(34)28(37-30)18-22-17-26(35-7-3)27(36-8-4)19-25(22)31/h9-19H,5-8H2,1-4H3/b28-18-,32-30?. The van der Waals surface area contributed by atoms with Crippen molar-refractivity contribution in [3.63, 3.8) is 0 Å². The van der Waals surface area contributed by atoms with Crippen LogP contribution in [0.25, 0.3) is 6.08 Å². The Morgan fingerprint density at radius 1 is 0.865 bits per heavy atom. The molecule has 0 unspecified atom stereocenters. The quantitative estimate of drug-likeness (QED) is 0.260. The van der Waals surface area contributed by atoms with E-state index in [4.69, 9.17) is 26.1 Å². The van der Waals surface area contributed by atoms with Crippen molar-refractivity contribution < 1.29 is 14.3 Å². The molecule has 0 spiro atoms. The molecular weight excluding hydrogens is 504 g/mol. The molecule has 0 bridgehead atoms. The molecule has 3 aromatic carbocycles. The van der Waals surface area contributed by atoms with E-state index < -0.39 is 0 Å². The minimum Gasteiger partial charge on any atom is -0.490 e. The maximum Gasteiger partial charge on any atom is 0.271 e. The first-order valence-corrected chi connectivity index (χ1v) is 13.8. The molecule has 0 saturated carbocycles. The molecule has 1 saturated heterocycles. The lowest BCUT2D eigenvalue weighted by atomic mass is 10.1. The lowest BCUT2D eigenvalue weighted by molar-refractivity contribution is -0.113. The van der Waals surface area contributed by atoms with E-state index >= 15 is 0 Å². The average molecular weight is 535 g/mol. The summed E-state index contributed by atoms with van der Waals surface area (Å²) in [5.41, 5.74) is 4.69. The van der Waals surface area contributed by atoms with Crippen molar-refractivity contribution in [2.45, 2.75) is 40.5 Å². The van der Waals surface area contributed by atoms with Crippen molar-refractivity contribution in [1.82, 2.24) is 0 Å². The topological polar surface area (TPSA) is 51.1 Å². The summed E-state index contributed by atoms with van der Waals surface area (Å²) in [7, 11) is 0. The zero-order chi connectivity index (χ0) is 26.4. The second kappa shape index (κ2) is 12.3. The van der Waals surface area contributed by atoms with Gasteiger partial charge in [0.15, 0.2) is 16.7 Å². The highest BCUT2D eigenvalue weighted by atomic mass is 35.5. The first kappa shape index (κ1) is 26.8. The molecule has 192 valence electrons. The number of ether oxygens (including phenoxy) is 2. The highest BCUT2D eigenvalue weighted by Crippen LogP contribution is 2.40. The monoisotopic (exact) mass is 534 g/mol. The van der Waals surface area contributed by atoms with Gasteiger partial charge in [-0.05, 0) is 91.5 Å². The van der Waals surface area contributed by atoms with Crippen molar-refractivity contribution in [1.29, 1.82) is 0 Å². The SMILES string of the molecule is CCOc1cc(Cl)c(/C=C2\SC(=Nc3ccc(CC)cc3)N(c3ccc(CC)cc3)C2=O)cc1OCC. The second-order valence-electron chi connectivity index (χ2n) is 8.37. The number of nitrogens with zero attached hydrogens (tertiary/aromatic N) is 2. The van der Waals surface area contributed by atoms with Crippen LogP contribution < -0.4 is 14.4 Å². The van der Waals surface area contributed by atoms with Gasteiger partial charge in [0.1, 0.15) is 0 Å². The molecule has 0 aliphatic carbocycles. The molecule has 0 aromatic heterocycles. The van der Waals surface area contributed by atoms with Crippen molar-refractivity contribution in [3.8, 4) is 11.5 Å². The number of amidine groups is 1. The number of anilines is 1. The molecule has 7 heteroatoms. The smallest absolute Gasteiger partial charge is 0.271 e. The lowest BCUT2D eigenvalue weighted by Gasteiger charge is -2.16. The summed E-state index contributed by atoms with van der Waals surface area (Å²) in [6.07, 6.45) is 3.68. The number of amides is 1. The number of benzene rings is 3. The molecule has 1 amide bonds. The third-order valence-corrected chi connectivity index (χ3v) is 7.22. The van der Waals surface area contributed by atoms with E-state index in [0.29, 0.717) is 45.4 Å². The number of aryl methyl sites for hydroxylation is 2. The Hall–Kier alpha value is -3.22. The van der Waals surface area contributed by atoms with Crippen LogP contribution in [-0.2, 0) is 17.6 Å². The maximum absolute atomic E-state index is 13.7. The van der Waals surface area contributed by atoms with Gasteiger partial charge in [0.05, 0.1) is 34.5 Å². The Kier molecular flexibility index (Phi) is 8.95. The number of hydrogen-bond acceptors (Lipinski definition) is 5. The predicted molar refractivity (Wildman–Crippen MR) is 156 cm³/mol. The van der Waals surface area contributed by atoms with Gasteiger partial charge in [0, 0.05) is 6.07 Å². The third kappa shape index (κ3) is 6.20. The number of hydrogen-bond donors (Lipinski definition) is 0. The van der Waals surface area contributed by atoms with E-state index in [1.54, 1.807) is 17.0 Å². The van der Waals surface area contributed by atoms with Crippen LogP contribution in [0.3, 0.4) is 0 Å². The number of rotatable bonds is 9. The molecule has 0 radical (unpaired) electrons. The fourth-order valence-electron chi connectivity index (χ4n) is 3.91. The largest absolute Gasteiger partial charge is 0.490 e. The lowest BCUT2D eigenvalue weighted by Crippen LogP contribution is -2.28. The van der Waals surface area contributed by atoms with Gasteiger partial charge >= 0.3 is 0 Å². The molecular formula is C30H31ClN2O3S. The predicted octanol–water partition coefficient (Wildman–Crippen LogP) is 8.07. The minimum absolute atomic E-state index is 0.152. The molecule has 1 aliphatic rings. The van der Waals surface area contributed by atoms with Gasteiger partial charge in [-0.1, -0.05) is 49.7 Å². The van der Waals surface area contributed by atoms with E-state index in [1.807, 2.05) is 56.3 Å². The Morgan fingerprint density at radius 2 is 1.43 bits per heavy atom. The van der Waals surface area contributed by atoms with E-state index in [2.05, 4.69) is 26.0 Å². The van der Waals surface area contributed by atoms with Crippen molar-refractivity contribution in [3.05, 3.63) is 87.3 Å². The van der Waals surface area contributed by atoms with Crippen LogP contribution in [0.1, 0.15) is 44.4 Å². The third-order valence-electron chi connectivity index (χ3n) is 5.93. The number of carbonyl (C=O) groups excluding carboxylic acids is 1. The summed E-state index contributed by atoms with van der Waals surface area (Å²) < 4.78 is 11.4. The average Bonchev–Trinajstić information content (AvgIpc) is 3.21. The van der Waals surface area contributed by atoms with Crippen LogP contribution in [0.5, 0.6) is 11.5 Å². The molecule has 5 nitrogen and oxygen atoms in total. The fourth-order valence-corrected chi connectivity index (χ4v) is 5.11. The Bertz CT molecular complexity index is 1320. The molecule has 1 heterocycles. The number of thioether (sulfide) groups is 1. The van der Waals surface area contributed by atoms with Crippen molar-refractivity contribution in [2.24, 2.45) is 4.99 Å². The second-order valence-corrected chi connectivity index (χ2v) is 9.79. The summed E-state index contributed by atoms with van der Waals surface area (Å²) in [6, 6.07) is 19.7. The van der Waals surface area contributed by atoms with Crippen molar-refractivity contribution in [2.75, 3.05) is 18.1 Å². The summed E-state index contributed by atoms with van der Waals surface area (Å²) >= 11 is 7.93. The number of halogens is 1. The van der Waals surface area contributed by atoms with Crippen LogP contribution in [0.4, 0.5) is 11.4 Å². The fraction of sp³-hybridized carbons (Fsp3) is 0.267. The van der Waals surface area contributed by atoms with Gasteiger partial charge in [0.25, 0.3) is 5.91 Å². The highest BCUT2D eigenvalue weighted by Gasteiger charge is 2.35. The summed E-state index contributed by atoms with van der Waals surface area (Å²) in [6.45, 7) is 9.03. The molecule has 0 N–H and O–H groups in total. The van der Waals surface area contributed by atoms with Crippen LogP contribution in [0, 0.1) is 0 Å².